The van der Waals surface area contributed by atoms with Gasteiger partial charge in [0.15, 0.2) is 22.8 Å². The van der Waals surface area contributed by atoms with Gasteiger partial charge in [0, 0.05) is 118 Å². The molecule has 0 saturated carbocycles. The Balaban J connectivity index is 0.847. The Kier molecular flexibility index (Phi) is 12.1. The number of halogens is 3. The highest BCUT2D eigenvalue weighted by molar-refractivity contribution is 7.84. The molecule has 62 heavy (non-hydrogen) atoms. The lowest BCUT2D eigenvalue weighted by atomic mass is 9.91. The predicted molar refractivity (Wildman–Crippen MR) is 232 cm³/mol. The number of hydrogen-bond acceptors (Lipinski definition) is 9. The SMILES string of the molecule is CC1CN(c2ccc(-n3cc(-c4cc(F)cc(NS(=O)N5CCCC5)c4F)c(-c4ccncc4)n3)c(F)c2)CCN1CC1CCN(c2ccc(C3CCC(=O)NC3=O)cn2)CC1. The fraction of sp³-hybridized carbons (Fsp3) is 0.400. The molecule has 9 rings (SSSR count). The number of rotatable bonds is 11. The molecule has 2 N–H and O–H groups in total. The van der Waals surface area contributed by atoms with Crippen LogP contribution in [0.15, 0.2) is 79.4 Å². The first-order valence-electron chi connectivity index (χ1n) is 21.3. The standard InChI is InChI=1S/C45H49F3N10O3S/c1-29-26-56(21-20-55(29)27-30-12-18-54(19-13-30)41-8-4-32(25-50-41)35-6-9-42(59)51-45(35)60)34-5-7-40(38(47)24-34)58-28-37(44(52-58)31-10-14-49-15-11-31)36-22-33(46)23-39(43(36)48)53-62(61)57-16-2-3-17-57/h4-5,7-8,10-11,14-15,22-25,28-30,35,53H,2-3,6,9,12-13,16-21,26-27H2,1H3,(H,51,59,60). The van der Waals surface area contributed by atoms with Gasteiger partial charge in [0.2, 0.25) is 11.8 Å². The molecule has 0 spiro atoms. The molecule has 4 aliphatic rings. The number of pyridine rings is 2. The minimum absolute atomic E-state index is 0.103. The van der Waals surface area contributed by atoms with E-state index < -0.39 is 28.6 Å². The average molecular weight is 867 g/mol. The molecule has 2 amide bonds. The molecule has 0 radical (unpaired) electrons. The Morgan fingerprint density at radius 1 is 0.871 bits per heavy atom. The fourth-order valence-electron chi connectivity index (χ4n) is 9.15. The lowest BCUT2D eigenvalue weighted by Gasteiger charge is -2.43. The van der Waals surface area contributed by atoms with E-state index in [1.165, 1.54) is 16.9 Å². The highest BCUT2D eigenvalue weighted by Gasteiger charge is 2.31. The van der Waals surface area contributed by atoms with Crippen LogP contribution in [0.4, 0.5) is 30.4 Å². The quantitative estimate of drug-likeness (QED) is 0.144. The van der Waals surface area contributed by atoms with Crippen LogP contribution in [0.5, 0.6) is 0 Å². The van der Waals surface area contributed by atoms with Crippen LogP contribution in [0.25, 0.3) is 28.1 Å². The zero-order valence-corrected chi connectivity index (χ0v) is 35.3. The van der Waals surface area contributed by atoms with Crippen molar-refractivity contribution < 1.29 is 27.0 Å². The monoisotopic (exact) mass is 866 g/mol. The van der Waals surface area contributed by atoms with Crippen molar-refractivity contribution in [3.05, 3.63) is 102 Å². The highest BCUT2D eigenvalue weighted by Crippen LogP contribution is 2.38. The first kappa shape index (κ1) is 41.7. The Morgan fingerprint density at radius 3 is 2.37 bits per heavy atom. The summed E-state index contributed by atoms with van der Waals surface area (Å²) in [6.07, 6.45) is 11.1. The van der Waals surface area contributed by atoms with Crippen molar-refractivity contribution in [2.24, 2.45) is 5.92 Å². The molecule has 17 heteroatoms. The Morgan fingerprint density at radius 2 is 1.66 bits per heavy atom. The number of imide groups is 1. The van der Waals surface area contributed by atoms with Crippen LogP contribution in [0.3, 0.4) is 0 Å². The van der Waals surface area contributed by atoms with E-state index in [-0.39, 0.29) is 46.3 Å². The van der Waals surface area contributed by atoms with Gasteiger partial charge in [0.25, 0.3) is 0 Å². The van der Waals surface area contributed by atoms with E-state index in [0.717, 1.165) is 94.2 Å². The maximum absolute atomic E-state index is 16.2. The van der Waals surface area contributed by atoms with Crippen LogP contribution in [0.1, 0.15) is 56.9 Å². The summed E-state index contributed by atoms with van der Waals surface area (Å²) in [5, 5.41) is 7.12. The van der Waals surface area contributed by atoms with Crippen molar-refractivity contribution in [3.8, 4) is 28.1 Å². The fourth-order valence-corrected chi connectivity index (χ4v) is 10.2. The van der Waals surface area contributed by atoms with Crippen molar-refractivity contribution in [2.75, 3.05) is 66.9 Å². The number of hydrogen-bond donors (Lipinski definition) is 2. The van der Waals surface area contributed by atoms with E-state index in [9.17, 15) is 13.8 Å². The van der Waals surface area contributed by atoms with Gasteiger partial charge in [-0.25, -0.2) is 31.4 Å². The van der Waals surface area contributed by atoms with E-state index in [4.69, 9.17) is 5.10 Å². The highest BCUT2D eigenvalue weighted by atomic mass is 32.2. The number of carbonyl (C=O) groups excluding carboxylic acids is 2. The molecule has 0 bridgehead atoms. The van der Waals surface area contributed by atoms with Crippen LogP contribution >= 0.6 is 0 Å². The number of carbonyl (C=O) groups is 2. The van der Waals surface area contributed by atoms with E-state index >= 15 is 13.2 Å². The number of benzene rings is 2. The number of amides is 2. The third kappa shape index (κ3) is 8.83. The Labute approximate surface area is 361 Å². The molecular weight excluding hydrogens is 818 g/mol. The van der Waals surface area contributed by atoms with E-state index in [1.54, 1.807) is 41.1 Å². The van der Waals surface area contributed by atoms with Gasteiger partial charge in [0.05, 0.1) is 11.6 Å². The van der Waals surface area contributed by atoms with Crippen LogP contribution < -0.4 is 19.8 Å². The molecular formula is C45H49F3N10O3S. The summed E-state index contributed by atoms with van der Waals surface area (Å²) < 4.78 is 66.2. The number of piperidine rings is 2. The summed E-state index contributed by atoms with van der Waals surface area (Å²) in [5.41, 5.74) is 2.52. The van der Waals surface area contributed by atoms with Crippen molar-refractivity contribution >= 4 is 40.2 Å². The van der Waals surface area contributed by atoms with Crippen molar-refractivity contribution in [3.63, 3.8) is 0 Å². The second-order valence-corrected chi connectivity index (χ2v) is 17.9. The van der Waals surface area contributed by atoms with Crippen LogP contribution in [0, 0.1) is 23.4 Å². The summed E-state index contributed by atoms with van der Waals surface area (Å²) in [6.45, 7) is 8.49. The van der Waals surface area contributed by atoms with E-state index in [2.05, 4.69) is 41.6 Å². The molecule has 5 aromatic rings. The summed E-state index contributed by atoms with van der Waals surface area (Å²) in [6, 6.07) is 14.7. The molecule has 3 atom stereocenters. The first-order chi connectivity index (χ1) is 30.1. The number of anilines is 3. The lowest BCUT2D eigenvalue weighted by Crippen LogP contribution is -2.53. The van der Waals surface area contributed by atoms with Gasteiger partial charge in [0.1, 0.15) is 23.0 Å². The first-order valence-corrected chi connectivity index (χ1v) is 22.4. The molecule has 3 unspecified atom stereocenters. The number of nitrogens with zero attached hydrogens (tertiary/aromatic N) is 8. The second-order valence-electron chi connectivity index (χ2n) is 16.7. The summed E-state index contributed by atoms with van der Waals surface area (Å²) in [4.78, 5) is 39.6. The maximum Gasteiger partial charge on any atom is 0.234 e. The Bertz CT molecular complexity index is 2460. The molecule has 4 fully saturated rings. The molecule has 0 aliphatic carbocycles. The normalized spacial score (nSPS) is 21.0. The molecule has 2 aromatic carbocycles. The molecule has 324 valence electrons. The van der Waals surface area contributed by atoms with Gasteiger partial charge in [-0.05, 0) is 93.0 Å². The topological polar surface area (TPSA) is 132 Å². The largest absolute Gasteiger partial charge is 0.369 e. The van der Waals surface area contributed by atoms with Gasteiger partial charge in [-0.2, -0.15) is 5.10 Å². The number of nitrogens with one attached hydrogen (secondary N) is 2. The summed E-state index contributed by atoms with van der Waals surface area (Å²) in [7, 11) is 0. The number of aromatic nitrogens is 4. The molecule has 13 nitrogen and oxygen atoms in total. The van der Waals surface area contributed by atoms with Gasteiger partial charge in [-0.3, -0.25) is 29.5 Å². The predicted octanol–water partition coefficient (Wildman–Crippen LogP) is 6.45. The van der Waals surface area contributed by atoms with Gasteiger partial charge < -0.3 is 9.80 Å². The smallest absolute Gasteiger partial charge is 0.234 e. The second kappa shape index (κ2) is 18.0. The van der Waals surface area contributed by atoms with Crippen molar-refractivity contribution in [1.82, 2.24) is 34.3 Å². The van der Waals surface area contributed by atoms with E-state index in [1.807, 2.05) is 18.2 Å². The van der Waals surface area contributed by atoms with Gasteiger partial charge >= 0.3 is 0 Å². The van der Waals surface area contributed by atoms with Gasteiger partial charge in [-0.15, -0.1) is 0 Å². The Hall–Kier alpha value is -5.65. The van der Waals surface area contributed by atoms with Crippen molar-refractivity contribution in [2.45, 2.75) is 57.4 Å². The van der Waals surface area contributed by atoms with Crippen LogP contribution in [-0.2, 0) is 20.8 Å². The lowest BCUT2D eigenvalue weighted by molar-refractivity contribution is -0.134. The van der Waals surface area contributed by atoms with Crippen LogP contribution in [-0.4, -0.2) is 103 Å². The molecule has 3 aromatic heterocycles. The zero-order chi connectivity index (χ0) is 42.9. The van der Waals surface area contributed by atoms with Crippen molar-refractivity contribution in [1.29, 1.82) is 0 Å². The minimum Gasteiger partial charge on any atom is -0.369 e. The summed E-state index contributed by atoms with van der Waals surface area (Å²) in [5.74, 6) is -1.41. The average Bonchev–Trinajstić information content (AvgIpc) is 3.98. The minimum atomic E-state index is -1.75. The number of piperazine rings is 1. The van der Waals surface area contributed by atoms with E-state index in [0.29, 0.717) is 43.1 Å². The molecule has 4 aliphatic heterocycles. The maximum atomic E-state index is 16.2. The third-order valence-corrected chi connectivity index (χ3v) is 13.9. The molecule has 7 heterocycles. The summed E-state index contributed by atoms with van der Waals surface area (Å²) >= 11 is -1.75. The molecule has 4 saturated heterocycles. The van der Waals surface area contributed by atoms with Crippen LogP contribution in [0.2, 0.25) is 0 Å². The third-order valence-electron chi connectivity index (χ3n) is 12.6. The van der Waals surface area contributed by atoms with Gasteiger partial charge in [-0.1, -0.05) is 6.07 Å². The zero-order valence-electron chi connectivity index (χ0n) is 34.5.